The van der Waals surface area contributed by atoms with Gasteiger partial charge in [-0.2, -0.15) is 11.8 Å². The van der Waals surface area contributed by atoms with Crippen LogP contribution >= 0.6 is 27.7 Å². The van der Waals surface area contributed by atoms with Gasteiger partial charge in [-0.15, -0.1) is 0 Å². The molecule has 2 rings (SSSR count). The molecule has 0 spiro atoms. The Morgan fingerprint density at radius 1 is 1.56 bits per heavy atom. The minimum atomic E-state index is -0.498. The van der Waals surface area contributed by atoms with Crippen LogP contribution in [0.15, 0.2) is 16.6 Å². The average molecular weight is 335 g/mol. The number of nitrogens with zero attached hydrogens (tertiary/aromatic N) is 1. The maximum absolute atomic E-state index is 13.5. The molecule has 1 aromatic rings. The molecular weight excluding hydrogens is 323 g/mol. The summed E-state index contributed by atoms with van der Waals surface area (Å²) in [5.41, 5.74) is 0.159. The number of anilines is 1. The number of nitro benzene ring substituents is 1. The van der Waals surface area contributed by atoms with E-state index in [9.17, 15) is 14.5 Å². The molecule has 0 amide bonds. The Hall–Kier alpha value is -0.820. The third-order valence-electron chi connectivity index (χ3n) is 2.76. The second-order valence-electron chi connectivity index (χ2n) is 4.10. The minimum Gasteiger partial charge on any atom is -0.376 e. The average Bonchev–Trinajstić information content (AvgIpc) is 2.34. The van der Waals surface area contributed by atoms with Gasteiger partial charge in [0, 0.05) is 23.9 Å². The summed E-state index contributed by atoms with van der Waals surface area (Å²) in [6.07, 6.45) is 2.04. The number of hydrogen-bond donors (Lipinski definition) is 1. The third kappa shape index (κ3) is 3.14. The van der Waals surface area contributed by atoms with Crippen molar-refractivity contribution in [2.24, 2.45) is 0 Å². The molecule has 0 bridgehead atoms. The van der Waals surface area contributed by atoms with Crippen LogP contribution in [0.4, 0.5) is 15.8 Å². The zero-order valence-corrected chi connectivity index (χ0v) is 11.9. The first-order chi connectivity index (χ1) is 8.58. The van der Waals surface area contributed by atoms with Crippen LogP contribution in [0.5, 0.6) is 0 Å². The van der Waals surface area contributed by atoms with Gasteiger partial charge in [0.2, 0.25) is 0 Å². The molecule has 0 aliphatic carbocycles. The zero-order chi connectivity index (χ0) is 13.1. The van der Waals surface area contributed by atoms with E-state index in [4.69, 9.17) is 0 Å². The number of nitrogens with one attached hydrogen (secondary N) is 1. The highest BCUT2D eigenvalue weighted by Gasteiger charge is 2.21. The summed E-state index contributed by atoms with van der Waals surface area (Å²) in [6.45, 7) is 0. The van der Waals surface area contributed by atoms with Crippen LogP contribution < -0.4 is 5.32 Å². The van der Waals surface area contributed by atoms with Crippen molar-refractivity contribution in [1.82, 2.24) is 0 Å². The molecule has 1 aromatic carbocycles. The Morgan fingerprint density at radius 3 is 2.94 bits per heavy atom. The molecule has 1 heterocycles. The van der Waals surface area contributed by atoms with Gasteiger partial charge >= 0.3 is 0 Å². The van der Waals surface area contributed by atoms with E-state index in [-0.39, 0.29) is 21.9 Å². The topological polar surface area (TPSA) is 55.2 Å². The van der Waals surface area contributed by atoms with E-state index in [0.717, 1.165) is 24.3 Å². The van der Waals surface area contributed by atoms with Gasteiger partial charge in [-0.1, -0.05) is 0 Å². The first kappa shape index (κ1) is 13.6. The molecule has 1 atom stereocenters. The van der Waals surface area contributed by atoms with Crippen molar-refractivity contribution in [2.45, 2.75) is 18.9 Å². The summed E-state index contributed by atoms with van der Waals surface area (Å²) in [7, 11) is 0. The fraction of sp³-hybridized carbons (Fsp3) is 0.455. The number of nitro groups is 1. The Morgan fingerprint density at radius 2 is 2.33 bits per heavy atom. The van der Waals surface area contributed by atoms with Crippen LogP contribution in [-0.4, -0.2) is 22.5 Å². The monoisotopic (exact) mass is 334 g/mol. The van der Waals surface area contributed by atoms with Gasteiger partial charge in [-0.05, 0) is 34.5 Å². The molecule has 1 N–H and O–H groups in total. The van der Waals surface area contributed by atoms with Gasteiger partial charge in [0.1, 0.15) is 11.5 Å². The largest absolute Gasteiger partial charge is 0.376 e. The molecule has 0 aromatic heterocycles. The van der Waals surface area contributed by atoms with Crippen molar-refractivity contribution in [2.75, 3.05) is 16.8 Å². The van der Waals surface area contributed by atoms with Crippen LogP contribution in [0.2, 0.25) is 0 Å². The molecular formula is C11H12BrFN2O2S. The molecule has 7 heteroatoms. The Balaban J connectivity index is 2.24. The molecule has 1 fully saturated rings. The maximum atomic E-state index is 13.5. The van der Waals surface area contributed by atoms with E-state index in [1.54, 1.807) is 0 Å². The lowest BCUT2D eigenvalue weighted by Crippen LogP contribution is -2.26. The van der Waals surface area contributed by atoms with Gasteiger partial charge in [0.15, 0.2) is 0 Å². The normalized spacial score (nSPS) is 19.6. The van der Waals surface area contributed by atoms with E-state index >= 15 is 0 Å². The smallest absolute Gasteiger partial charge is 0.293 e. The van der Waals surface area contributed by atoms with Crippen molar-refractivity contribution < 1.29 is 9.31 Å². The number of benzene rings is 1. The van der Waals surface area contributed by atoms with Gasteiger partial charge in [0.05, 0.1) is 9.40 Å². The van der Waals surface area contributed by atoms with Gasteiger partial charge in [-0.3, -0.25) is 10.1 Å². The summed E-state index contributed by atoms with van der Waals surface area (Å²) in [5.74, 6) is 1.52. The fourth-order valence-electron chi connectivity index (χ4n) is 1.88. The molecule has 1 aliphatic heterocycles. The van der Waals surface area contributed by atoms with Crippen LogP contribution in [-0.2, 0) is 0 Å². The highest BCUT2D eigenvalue weighted by Crippen LogP contribution is 2.32. The number of rotatable bonds is 3. The minimum absolute atomic E-state index is 0.0983. The lowest BCUT2D eigenvalue weighted by atomic mass is 10.1. The molecule has 98 valence electrons. The lowest BCUT2D eigenvalue weighted by Gasteiger charge is -2.23. The molecule has 18 heavy (non-hydrogen) atoms. The Labute approximate surface area is 117 Å². The predicted molar refractivity (Wildman–Crippen MR) is 74.7 cm³/mol. The van der Waals surface area contributed by atoms with Gasteiger partial charge in [-0.25, -0.2) is 4.39 Å². The van der Waals surface area contributed by atoms with E-state index in [0.29, 0.717) is 0 Å². The predicted octanol–water partition coefficient (Wildman–Crippen LogP) is 3.80. The van der Waals surface area contributed by atoms with E-state index in [2.05, 4.69) is 21.2 Å². The Bertz CT molecular complexity index is 467. The summed E-state index contributed by atoms with van der Waals surface area (Å²) < 4.78 is 13.6. The summed E-state index contributed by atoms with van der Waals surface area (Å²) in [6, 6.07) is 2.55. The standard InChI is InChI=1S/C11H12BrFN2O2S/c12-8-4-11(15(16)17)10(5-9(8)13)14-7-2-1-3-18-6-7/h4-5,7,14H,1-3,6H2. The van der Waals surface area contributed by atoms with Crippen molar-refractivity contribution in [3.8, 4) is 0 Å². The van der Waals surface area contributed by atoms with Crippen LogP contribution in [0, 0.1) is 15.9 Å². The molecule has 1 unspecified atom stereocenters. The third-order valence-corrected chi connectivity index (χ3v) is 4.58. The van der Waals surface area contributed by atoms with Crippen LogP contribution in [0.25, 0.3) is 0 Å². The van der Waals surface area contributed by atoms with Crippen molar-refractivity contribution in [1.29, 1.82) is 0 Å². The molecule has 0 saturated carbocycles. The first-order valence-corrected chi connectivity index (χ1v) is 7.50. The number of halogens is 2. The second-order valence-corrected chi connectivity index (χ2v) is 6.10. The van der Waals surface area contributed by atoms with Crippen molar-refractivity contribution in [3.63, 3.8) is 0 Å². The fourth-order valence-corrected chi connectivity index (χ4v) is 3.28. The van der Waals surface area contributed by atoms with Crippen molar-refractivity contribution in [3.05, 3.63) is 32.5 Å². The first-order valence-electron chi connectivity index (χ1n) is 5.55. The summed E-state index contributed by atoms with van der Waals surface area (Å²) >= 11 is 4.77. The SMILES string of the molecule is O=[N+]([O-])c1cc(Br)c(F)cc1NC1CCCSC1. The van der Waals surface area contributed by atoms with Gasteiger partial charge in [0.25, 0.3) is 5.69 Å². The van der Waals surface area contributed by atoms with E-state index < -0.39 is 10.7 Å². The molecule has 1 saturated heterocycles. The van der Waals surface area contributed by atoms with Crippen molar-refractivity contribution >= 4 is 39.1 Å². The second kappa shape index (κ2) is 5.88. The Kier molecular flexibility index (Phi) is 4.45. The van der Waals surface area contributed by atoms with E-state index in [1.165, 1.54) is 12.1 Å². The summed E-state index contributed by atoms with van der Waals surface area (Å²) in [4.78, 5) is 10.4. The molecule has 1 aliphatic rings. The number of hydrogen-bond acceptors (Lipinski definition) is 4. The molecule has 0 radical (unpaired) electrons. The van der Waals surface area contributed by atoms with Crippen LogP contribution in [0.1, 0.15) is 12.8 Å². The zero-order valence-electron chi connectivity index (χ0n) is 9.49. The van der Waals surface area contributed by atoms with Gasteiger partial charge < -0.3 is 5.32 Å². The quantitative estimate of drug-likeness (QED) is 0.674. The van der Waals surface area contributed by atoms with Crippen LogP contribution in [0.3, 0.4) is 0 Å². The maximum Gasteiger partial charge on any atom is 0.293 e. The summed E-state index contributed by atoms with van der Waals surface area (Å²) in [5, 5.41) is 14.0. The highest BCUT2D eigenvalue weighted by atomic mass is 79.9. The lowest BCUT2D eigenvalue weighted by molar-refractivity contribution is -0.384. The molecule has 4 nitrogen and oxygen atoms in total. The number of thioether (sulfide) groups is 1. The highest BCUT2D eigenvalue weighted by molar-refractivity contribution is 9.10. The van der Waals surface area contributed by atoms with E-state index in [1.807, 2.05) is 11.8 Å².